The summed E-state index contributed by atoms with van der Waals surface area (Å²) in [5.41, 5.74) is 7.66. The molecule has 0 radical (unpaired) electrons. The maximum atomic E-state index is 8.36. The van der Waals surface area contributed by atoms with Crippen molar-refractivity contribution < 1.29 is 5.21 Å². The zero-order chi connectivity index (χ0) is 12.0. The molecule has 0 atom stereocenters. The van der Waals surface area contributed by atoms with E-state index in [-0.39, 0.29) is 5.84 Å². The Hall–Kier alpha value is -1.56. The fourth-order valence-corrected chi connectivity index (χ4v) is 1.52. The first kappa shape index (κ1) is 12.5. The van der Waals surface area contributed by atoms with Crippen LogP contribution in [0.4, 0.5) is 0 Å². The zero-order valence-corrected chi connectivity index (χ0v) is 9.77. The van der Waals surface area contributed by atoms with E-state index >= 15 is 0 Å². The highest BCUT2D eigenvalue weighted by Gasteiger charge is 2.04. The number of hydrogen-bond donors (Lipinski definition) is 3. The van der Waals surface area contributed by atoms with Gasteiger partial charge in [-0.25, -0.2) is 0 Å². The maximum absolute atomic E-state index is 8.36. The Morgan fingerprint density at radius 1 is 1.69 bits per heavy atom. The molecule has 0 aliphatic heterocycles. The second-order valence-electron chi connectivity index (χ2n) is 3.65. The molecule has 90 valence electrons. The first-order chi connectivity index (χ1) is 7.67. The smallest absolute Gasteiger partial charge is 0.140 e. The van der Waals surface area contributed by atoms with Crippen LogP contribution in [0, 0.1) is 0 Å². The van der Waals surface area contributed by atoms with Gasteiger partial charge in [0.05, 0.1) is 5.69 Å². The van der Waals surface area contributed by atoms with Crippen LogP contribution in [0.15, 0.2) is 11.4 Å². The predicted octanol–water partition coefficient (Wildman–Crippen LogP) is 0.209. The molecule has 6 heteroatoms. The molecule has 1 heterocycles. The summed E-state index contributed by atoms with van der Waals surface area (Å²) in [4.78, 5) is 0. The van der Waals surface area contributed by atoms with E-state index in [4.69, 9.17) is 10.9 Å². The largest absolute Gasteiger partial charge is 0.409 e. The van der Waals surface area contributed by atoms with E-state index in [9.17, 15) is 0 Å². The Labute approximate surface area is 95.1 Å². The summed E-state index contributed by atoms with van der Waals surface area (Å²) in [6.07, 6.45) is 3.48. The van der Waals surface area contributed by atoms with Gasteiger partial charge in [-0.15, -0.1) is 0 Å². The predicted molar refractivity (Wildman–Crippen MR) is 62.3 cm³/mol. The quantitative estimate of drug-likeness (QED) is 0.212. The second-order valence-corrected chi connectivity index (χ2v) is 3.65. The Morgan fingerprint density at radius 2 is 2.44 bits per heavy atom. The molecule has 1 aromatic rings. The van der Waals surface area contributed by atoms with Crippen LogP contribution in [-0.2, 0) is 20.0 Å². The minimum absolute atomic E-state index is 0.245. The molecule has 0 saturated carbocycles. The Kier molecular flexibility index (Phi) is 4.78. The monoisotopic (exact) mass is 225 g/mol. The molecule has 0 amide bonds. The third-order valence-corrected chi connectivity index (χ3v) is 2.33. The van der Waals surface area contributed by atoms with Gasteiger partial charge in [0.25, 0.3) is 0 Å². The summed E-state index contributed by atoms with van der Waals surface area (Å²) in [5, 5.41) is 18.8. The number of rotatable bonds is 6. The van der Waals surface area contributed by atoms with Crippen LogP contribution in [-0.4, -0.2) is 27.4 Å². The summed E-state index contributed by atoms with van der Waals surface area (Å²) >= 11 is 0. The number of aromatic nitrogens is 2. The van der Waals surface area contributed by atoms with Gasteiger partial charge in [-0.3, -0.25) is 4.68 Å². The standard InChI is InChI=1S/C10H19N5O/c1-3-9-8(7-15(2)13-9)6-12-5-4-10(11)14-16/h7,12,16H,3-6H2,1-2H3,(H2,11,14). The summed E-state index contributed by atoms with van der Waals surface area (Å²) in [6.45, 7) is 3.53. The van der Waals surface area contributed by atoms with Gasteiger partial charge in [0.1, 0.15) is 5.84 Å². The van der Waals surface area contributed by atoms with E-state index in [0.29, 0.717) is 13.0 Å². The molecule has 1 rings (SSSR count). The number of oxime groups is 1. The molecule has 4 N–H and O–H groups in total. The minimum atomic E-state index is 0.245. The molecule has 0 saturated heterocycles. The Bertz CT molecular complexity index is 358. The first-order valence-electron chi connectivity index (χ1n) is 5.35. The van der Waals surface area contributed by atoms with Gasteiger partial charge >= 0.3 is 0 Å². The number of nitrogens with zero attached hydrogens (tertiary/aromatic N) is 3. The van der Waals surface area contributed by atoms with Crippen LogP contribution in [0.2, 0.25) is 0 Å². The lowest BCUT2D eigenvalue weighted by molar-refractivity contribution is 0.316. The van der Waals surface area contributed by atoms with Crippen LogP contribution >= 0.6 is 0 Å². The van der Waals surface area contributed by atoms with E-state index in [1.165, 1.54) is 5.56 Å². The van der Waals surface area contributed by atoms with Crippen molar-refractivity contribution in [3.63, 3.8) is 0 Å². The highest BCUT2D eigenvalue weighted by Crippen LogP contribution is 2.06. The van der Waals surface area contributed by atoms with E-state index in [0.717, 1.165) is 18.7 Å². The third-order valence-electron chi connectivity index (χ3n) is 2.33. The number of nitrogens with two attached hydrogens (primary N) is 1. The first-order valence-corrected chi connectivity index (χ1v) is 5.35. The van der Waals surface area contributed by atoms with E-state index in [1.807, 2.05) is 17.9 Å². The summed E-state index contributed by atoms with van der Waals surface area (Å²) in [7, 11) is 1.92. The molecule has 6 nitrogen and oxygen atoms in total. The van der Waals surface area contributed by atoms with Crippen LogP contribution in [0.5, 0.6) is 0 Å². The van der Waals surface area contributed by atoms with Gasteiger partial charge in [-0.2, -0.15) is 5.10 Å². The summed E-state index contributed by atoms with van der Waals surface area (Å²) in [5.74, 6) is 0.245. The van der Waals surface area contributed by atoms with Crippen molar-refractivity contribution in [3.05, 3.63) is 17.5 Å². The fraction of sp³-hybridized carbons (Fsp3) is 0.600. The maximum Gasteiger partial charge on any atom is 0.140 e. The molecule has 0 bridgehead atoms. The number of amidine groups is 1. The Morgan fingerprint density at radius 3 is 3.06 bits per heavy atom. The second kappa shape index (κ2) is 6.12. The van der Waals surface area contributed by atoms with Crippen molar-refractivity contribution >= 4 is 5.84 Å². The average Bonchev–Trinajstić information content (AvgIpc) is 2.64. The van der Waals surface area contributed by atoms with Gasteiger partial charge < -0.3 is 16.3 Å². The number of nitrogens with one attached hydrogen (secondary N) is 1. The van der Waals surface area contributed by atoms with Gasteiger partial charge in [0.15, 0.2) is 0 Å². The van der Waals surface area contributed by atoms with Crippen molar-refractivity contribution in [3.8, 4) is 0 Å². The van der Waals surface area contributed by atoms with Crippen molar-refractivity contribution in [2.75, 3.05) is 6.54 Å². The van der Waals surface area contributed by atoms with Crippen molar-refractivity contribution in [1.29, 1.82) is 0 Å². The molecule has 0 spiro atoms. The minimum Gasteiger partial charge on any atom is -0.409 e. The van der Waals surface area contributed by atoms with E-state index in [1.54, 1.807) is 0 Å². The highest BCUT2D eigenvalue weighted by molar-refractivity contribution is 5.79. The lowest BCUT2D eigenvalue weighted by Gasteiger charge is -2.03. The molecule has 16 heavy (non-hydrogen) atoms. The van der Waals surface area contributed by atoms with E-state index < -0.39 is 0 Å². The highest BCUT2D eigenvalue weighted by atomic mass is 16.4. The molecule has 0 aliphatic rings. The SMILES string of the molecule is CCc1nn(C)cc1CNCC/C(N)=N/O. The lowest BCUT2D eigenvalue weighted by Crippen LogP contribution is -2.22. The van der Waals surface area contributed by atoms with E-state index in [2.05, 4.69) is 22.5 Å². The molecule has 1 aromatic heterocycles. The number of hydrogen-bond acceptors (Lipinski definition) is 4. The van der Waals surface area contributed by atoms with Gasteiger partial charge in [-0.1, -0.05) is 12.1 Å². The van der Waals surface area contributed by atoms with Crippen molar-refractivity contribution in [1.82, 2.24) is 15.1 Å². The summed E-state index contributed by atoms with van der Waals surface area (Å²) in [6, 6.07) is 0. The average molecular weight is 225 g/mol. The van der Waals surface area contributed by atoms with Crippen LogP contribution in [0.1, 0.15) is 24.6 Å². The molecular weight excluding hydrogens is 206 g/mol. The third kappa shape index (κ3) is 3.54. The molecule has 0 aromatic carbocycles. The molecule has 0 aliphatic carbocycles. The molecular formula is C10H19N5O. The van der Waals surface area contributed by atoms with Gasteiger partial charge in [-0.05, 0) is 6.42 Å². The normalized spacial score (nSPS) is 12.0. The Balaban J connectivity index is 2.36. The molecule has 0 fully saturated rings. The zero-order valence-electron chi connectivity index (χ0n) is 9.77. The van der Waals surface area contributed by atoms with Gasteiger partial charge in [0, 0.05) is 38.3 Å². The van der Waals surface area contributed by atoms with Crippen molar-refractivity contribution in [2.45, 2.75) is 26.3 Å². The van der Waals surface area contributed by atoms with Crippen LogP contribution < -0.4 is 11.1 Å². The fourth-order valence-electron chi connectivity index (χ4n) is 1.52. The van der Waals surface area contributed by atoms with Crippen molar-refractivity contribution in [2.24, 2.45) is 17.9 Å². The summed E-state index contributed by atoms with van der Waals surface area (Å²) < 4.78 is 1.82. The molecule has 0 unspecified atom stereocenters. The van der Waals surface area contributed by atoms with Gasteiger partial charge in [0.2, 0.25) is 0 Å². The topological polar surface area (TPSA) is 88.5 Å². The lowest BCUT2D eigenvalue weighted by atomic mass is 10.2. The number of aryl methyl sites for hydroxylation is 2. The van der Waals surface area contributed by atoms with Crippen LogP contribution in [0.3, 0.4) is 0 Å². The van der Waals surface area contributed by atoms with Crippen LogP contribution in [0.25, 0.3) is 0 Å².